The first-order valence-corrected chi connectivity index (χ1v) is 7.87. The maximum absolute atomic E-state index is 12.0. The van der Waals surface area contributed by atoms with E-state index in [1.165, 1.54) is 25.4 Å². The maximum Gasteiger partial charge on any atom is 0.244 e. The molecule has 0 aliphatic carbocycles. The normalized spacial score (nSPS) is 11.8. The van der Waals surface area contributed by atoms with Gasteiger partial charge in [0, 0.05) is 11.7 Å². The van der Waals surface area contributed by atoms with E-state index in [1.807, 2.05) is 13.8 Å². The summed E-state index contributed by atoms with van der Waals surface area (Å²) in [4.78, 5) is -0.0118. The molecule has 0 saturated carbocycles. The number of nitrogens with one attached hydrogen (secondary N) is 1. The van der Waals surface area contributed by atoms with E-state index in [-0.39, 0.29) is 16.7 Å². The highest BCUT2D eigenvalue weighted by atomic mass is 32.2. The van der Waals surface area contributed by atoms with Gasteiger partial charge in [-0.25, -0.2) is 13.1 Å². The van der Waals surface area contributed by atoms with Gasteiger partial charge in [0.25, 0.3) is 0 Å². The van der Waals surface area contributed by atoms with Gasteiger partial charge in [0.05, 0.1) is 12.4 Å². The summed E-state index contributed by atoms with van der Waals surface area (Å²) >= 11 is 0. The topological polar surface area (TPSA) is 99.2 Å². The van der Waals surface area contributed by atoms with Crippen molar-refractivity contribution < 1.29 is 13.2 Å². The molecule has 7 nitrogen and oxygen atoms in total. The van der Waals surface area contributed by atoms with Crippen LogP contribution in [0.3, 0.4) is 0 Å². The Hall–Kier alpha value is -2.06. The molecular formula is C13H18N4O3S. The number of anilines is 1. The minimum absolute atomic E-state index is 0.0118. The lowest BCUT2D eigenvalue weighted by atomic mass is 10.3. The van der Waals surface area contributed by atoms with E-state index in [2.05, 4.69) is 9.82 Å². The van der Waals surface area contributed by atoms with Crippen LogP contribution in [0.15, 0.2) is 35.5 Å². The van der Waals surface area contributed by atoms with Gasteiger partial charge in [-0.15, -0.1) is 0 Å². The van der Waals surface area contributed by atoms with E-state index < -0.39 is 10.0 Å². The monoisotopic (exact) mass is 310 g/mol. The molecule has 2 rings (SSSR count). The second-order valence-electron chi connectivity index (χ2n) is 4.77. The number of sulfonamides is 1. The molecule has 114 valence electrons. The molecule has 0 aliphatic heterocycles. The van der Waals surface area contributed by atoms with Crippen molar-refractivity contribution in [3.8, 4) is 11.5 Å². The standard InChI is InChI=1S/C13H18N4O3S/c1-9(2)17-8-11(7-16-17)20-12-5-4-10(14)6-13(12)21(18,19)15-3/h4-9,15H,14H2,1-3H3. The first kappa shape index (κ1) is 15.3. The number of aromatic nitrogens is 2. The van der Waals surface area contributed by atoms with Gasteiger partial charge in [0.2, 0.25) is 10.0 Å². The Bertz CT molecular complexity index is 738. The number of benzene rings is 1. The summed E-state index contributed by atoms with van der Waals surface area (Å²) in [6.07, 6.45) is 3.24. The van der Waals surface area contributed by atoms with Gasteiger partial charge in [-0.2, -0.15) is 5.10 Å². The van der Waals surface area contributed by atoms with Gasteiger partial charge in [-0.3, -0.25) is 4.68 Å². The molecule has 0 unspecified atom stereocenters. The summed E-state index contributed by atoms with van der Waals surface area (Å²) in [6, 6.07) is 4.64. The third-order valence-electron chi connectivity index (χ3n) is 2.86. The van der Waals surface area contributed by atoms with Crippen molar-refractivity contribution in [2.24, 2.45) is 0 Å². The quantitative estimate of drug-likeness (QED) is 0.820. The molecule has 0 atom stereocenters. The summed E-state index contributed by atoms with van der Waals surface area (Å²) in [5.41, 5.74) is 5.99. The van der Waals surface area contributed by atoms with Crippen LogP contribution in [-0.2, 0) is 10.0 Å². The van der Waals surface area contributed by atoms with Crippen LogP contribution in [0.25, 0.3) is 0 Å². The lowest BCUT2D eigenvalue weighted by Gasteiger charge is -2.10. The largest absolute Gasteiger partial charge is 0.453 e. The van der Waals surface area contributed by atoms with Crippen molar-refractivity contribution in [1.29, 1.82) is 0 Å². The fraction of sp³-hybridized carbons (Fsp3) is 0.308. The second-order valence-corrected chi connectivity index (χ2v) is 6.62. The fourth-order valence-electron chi connectivity index (χ4n) is 1.71. The average molecular weight is 310 g/mol. The maximum atomic E-state index is 12.0. The van der Waals surface area contributed by atoms with Gasteiger partial charge in [-0.05, 0) is 39.1 Å². The molecule has 0 spiro atoms. The van der Waals surface area contributed by atoms with E-state index in [0.29, 0.717) is 11.4 Å². The van der Waals surface area contributed by atoms with Crippen LogP contribution in [0, 0.1) is 0 Å². The van der Waals surface area contributed by atoms with Crippen LogP contribution in [0.4, 0.5) is 5.69 Å². The van der Waals surface area contributed by atoms with Gasteiger partial charge < -0.3 is 10.5 Å². The van der Waals surface area contributed by atoms with Crippen molar-refractivity contribution in [1.82, 2.24) is 14.5 Å². The summed E-state index contributed by atoms with van der Waals surface area (Å²) in [5, 5.41) is 4.14. The van der Waals surface area contributed by atoms with Crippen molar-refractivity contribution in [3.63, 3.8) is 0 Å². The lowest BCUT2D eigenvalue weighted by molar-refractivity contribution is 0.463. The minimum Gasteiger partial charge on any atom is -0.453 e. The number of nitrogens with two attached hydrogens (primary N) is 1. The van der Waals surface area contributed by atoms with Crippen LogP contribution in [0.1, 0.15) is 19.9 Å². The Balaban J connectivity index is 2.40. The van der Waals surface area contributed by atoms with E-state index in [4.69, 9.17) is 10.5 Å². The Morgan fingerprint density at radius 1 is 1.38 bits per heavy atom. The zero-order valence-corrected chi connectivity index (χ0v) is 12.9. The molecule has 0 saturated heterocycles. The third-order valence-corrected chi connectivity index (χ3v) is 4.30. The molecule has 21 heavy (non-hydrogen) atoms. The number of ether oxygens (including phenoxy) is 1. The van der Waals surface area contributed by atoms with Crippen LogP contribution in [-0.4, -0.2) is 25.2 Å². The van der Waals surface area contributed by atoms with Crippen molar-refractivity contribution >= 4 is 15.7 Å². The SMILES string of the molecule is CNS(=O)(=O)c1cc(N)ccc1Oc1cnn(C(C)C)c1. The second kappa shape index (κ2) is 5.74. The molecule has 0 bridgehead atoms. The zero-order chi connectivity index (χ0) is 15.6. The number of nitrogen functional groups attached to an aromatic ring is 1. The smallest absolute Gasteiger partial charge is 0.244 e. The third kappa shape index (κ3) is 3.34. The van der Waals surface area contributed by atoms with Crippen LogP contribution >= 0.6 is 0 Å². The summed E-state index contributed by atoms with van der Waals surface area (Å²) in [7, 11) is -2.33. The summed E-state index contributed by atoms with van der Waals surface area (Å²) in [5.74, 6) is 0.655. The van der Waals surface area contributed by atoms with Gasteiger partial charge >= 0.3 is 0 Å². The molecule has 2 aromatic rings. The molecule has 1 aromatic heterocycles. The number of hydrogen-bond donors (Lipinski definition) is 2. The van der Waals surface area contributed by atoms with Crippen molar-refractivity contribution in [2.75, 3.05) is 12.8 Å². The highest BCUT2D eigenvalue weighted by molar-refractivity contribution is 7.89. The molecule has 0 fully saturated rings. The molecule has 1 heterocycles. The van der Waals surface area contributed by atoms with E-state index in [1.54, 1.807) is 16.9 Å². The summed E-state index contributed by atoms with van der Waals surface area (Å²) in [6.45, 7) is 3.97. The van der Waals surface area contributed by atoms with Crippen LogP contribution in [0.2, 0.25) is 0 Å². The first-order chi connectivity index (χ1) is 9.83. The van der Waals surface area contributed by atoms with E-state index in [0.717, 1.165) is 0 Å². The summed E-state index contributed by atoms with van der Waals surface area (Å²) < 4.78 is 33.6. The Labute approximate surface area is 123 Å². The Morgan fingerprint density at radius 3 is 2.67 bits per heavy atom. The van der Waals surface area contributed by atoms with Gasteiger partial charge in [0.15, 0.2) is 5.75 Å². The fourth-order valence-corrected chi connectivity index (χ4v) is 2.60. The first-order valence-electron chi connectivity index (χ1n) is 6.38. The van der Waals surface area contributed by atoms with Crippen LogP contribution in [0.5, 0.6) is 11.5 Å². The van der Waals surface area contributed by atoms with Crippen molar-refractivity contribution in [2.45, 2.75) is 24.8 Å². The molecule has 3 N–H and O–H groups in total. The minimum atomic E-state index is -3.66. The average Bonchev–Trinajstić information content (AvgIpc) is 2.89. The molecule has 8 heteroatoms. The molecular weight excluding hydrogens is 292 g/mol. The molecule has 0 aliphatic rings. The predicted octanol–water partition coefficient (Wildman–Crippen LogP) is 1.75. The number of hydrogen-bond acceptors (Lipinski definition) is 5. The highest BCUT2D eigenvalue weighted by Gasteiger charge is 2.19. The molecule has 1 aromatic carbocycles. The van der Waals surface area contributed by atoms with Crippen LogP contribution < -0.4 is 15.2 Å². The number of rotatable bonds is 5. The lowest BCUT2D eigenvalue weighted by Crippen LogP contribution is -2.19. The number of nitrogens with zero attached hydrogens (tertiary/aromatic N) is 2. The van der Waals surface area contributed by atoms with Gasteiger partial charge in [-0.1, -0.05) is 0 Å². The Morgan fingerprint density at radius 2 is 2.10 bits per heavy atom. The Kier molecular flexibility index (Phi) is 4.19. The van der Waals surface area contributed by atoms with Gasteiger partial charge in [0.1, 0.15) is 10.6 Å². The molecule has 0 amide bonds. The predicted molar refractivity (Wildman–Crippen MR) is 79.8 cm³/mol. The zero-order valence-electron chi connectivity index (χ0n) is 12.1. The molecule has 0 radical (unpaired) electrons. The van der Waals surface area contributed by atoms with E-state index in [9.17, 15) is 8.42 Å². The van der Waals surface area contributed by atoms with Crippen molar-refractivity contribution in [3.05, 3.63) is 30.6 Å². The highest BCUT2D eigenvalue weighted by Crippen LogP contribution is 2.30. The van der Waals surface area contributed by atoms with E-state index >= 15 is 0 Å².